The van der Waals surface area contributed by atoms with Gasteiger partial charge >= 0.3 is 6.03 Å². The van der Waals surface area contributed by atoms with E-state index in [2.05, 4.69) is 10.6 Å². The van der Waals surface area contributed by atoms with E-state index in [1.54, 1.807) is 31.2 Å². The Hall–Kier alpha value is -2.04. The summed E-state index contributed by atoms with van der Waals surface area (Å²) in [6.45, 7) is 1.88. The number of benzene rings is 2. The molecule has 0 heterocycles. The largest absolute Gasteiger partial charge is 0.388 e. The summed E-state index contributed by atoms with van der Waals surface area (Å²) < 4.78 is 0. The molecule has 0 fully saturated rings. The number of halogens is 1. The van der Waals surface area contributed by atoms with Crippen LogP contribution in [-0.4, -0.2) is 23.3 Å². The van der Waals surface area contributed by atoms with Gasteiger partial charge in [-0.15, -0.1) is 0 Å². The lowest BCUT2D eigenvalue weighted by atomic mass is 9.97. The van der Waals surface area contributed by atoms with Gasteiger partial charge in [0, 0.05) is 6.54 Å². The molecule has 0 spiro atoms. The normalized spacial score (nSPS) is 13.2. The molecule has 0 aliphatic heterocycles. The van der Waals surface area contributed by atoms with Gasteiger partial charge < -0.3 is 15.7 Å². The van der Waals surface area contributed by atoms with Gasteiger partial charge in [-0.3, -0.25) is 0 Å². The lowest BCUT2D eigenvalue weighted by Crippen LogP contribution is -2.42. The molecule has 2 rings (SSSR count). The van der Waals surface area contributed by atoms with E-state index < -0.39 is 11.6 Å². The fourth-order valence-corrected chi connectivity index (χ4v) is 2.33. The number of para-hydroxylation sites is 1. The van der Waals surface area contributed by atoms with Crippen molar-refractivity contribution >= 4 is 23.3 Å². The minimum absolute atomic E-state index is 0.163. The first-order valence-corrected chi connectivity index (χ1v) is 7.90. The summed E-state index contributed by atoms with van der Waals surface area (Å²) in [5.74, 6) is 0. The van der Waals surface area contributed by atoms with Crippen molar-refractivity contribution in [2.45, 2.75) is 25.4 Å². The van der Waals surface area contributed by atoms with Gasteiger partial charge in [-0.25, -0.2) is 4.79 Å². The first-order valence-electron chi connectivity index (χ1n) is 7.52. The number of rotatable bonds is 6. The summed E-state index contributed by atoms with van der Waals surface area (Å²) in [7, 11) is 0. The van der Waals surface area contributed by atoms with Crippen molar-refractivity contribution in [3.05, 3.63) is 65.2 Å². The molecular weight excluding hydrogens is 312 g/mol. The fraction of sp³-hybridized carbons (Fsp3) is 0.278. The third-order valence-electron chi connectivity index (χ3n) is 3.55. The maximum Gasteiger partial charge on any atom is 0.319 e. The zero-order valence-electron chi connectivity index (χ0n) is 13.1. The van der Waals surface area contributed by atoms with Crippen molar-refractivity contribution in [3.8, 4) is 0 Å². The minimum Gasteiger partial charge on any atom is -0.388 e. The van der Waals surface area contributed by atoms with Gasteiger partial charge in [0.25, 0.3) is 0 Å². The molecule has 0 aromatic heterocycles. The fourth-order valence-electron chi connectivity index (χ4n) is 2.15. The Balaban J connectivity index is 1.79. The molecule has 122 valence electrons. The van der Waals surface area contributed by atoms with E-state index in [1.165, 1.54) is 0 Å². The highest BCUT2D eigenvalue weighted by Crippen LogP contribution is 2.20. The first-order chi connectivity index (χ1) is 11.0. The van der Waals surface area contributed by atoms with Crippen molar-refractivity contribution < 1.29 is 9.90 Å². The SMILES string of the molecule is CC(O)(CCc1ccccc1)CNC(=O)Nc1ccccc1Cl. The summed E-state index contributed by atoms with van der Waals surface area (Å²) in [4.78, 5) is 11.9. The summed E-state index contributed by atoms with van der Waals surface area (Å²) in [5, 5.41) is 16.2. The molecule has 5 heteroatoms. The van der Waals surface area contributed by atoms with Crippen molar-refractivity contribution in [3.63, 3.8) is 0 Å². The van der Waals surface area contributed by atoms with Gasteiger partial charge in [-0.1, -0.05) is 54.1 Å². The average Bonchev–Trinajstić information content (AvgIpc) is 2.55. The number of nitrogens with one attached hydrogen (secondary N) is 2. The van der Waals surface area contributed by atoms with E-state index in [0.717, 1.165) is 12.0 Å². The summed E-state index contributed by atoms with van der Waals surface area (Å²) in [6.07, 6.45) is 1.31. The van der Waals surface area contributed by atoms with Crippen LogP contribution in [-0.2, 0) is 6.42 Å². The zero-order valence-corrected chi connectivity index (χ0v) is 13.8. The van der Waals surface area contributed by atoms with E-state index in [1.807, 2.05) is 30.3 Å². The van der Waals surface area contributed by atoms with Crippen LogP contribution < -0.4 is 10.6 Å². The van der Waals surface area contributed by atoms with E-state index in [-0.39, 0.29) is 6.54 Å². The van der Waals surface area contributed by atoms with Crippen molar-refractivity contribution in [1.29, 1.82) is 0 Å². The zero-order chi connectivity index (χ0) is 16.7. The van der Waals surface area contributed by atoms with Crippen LogP contribution in [0.15, 0.2) is 54.6 Å². The molecule has 0 aliphatic carbocycles. The van der Waals surface area contributed by atoms with E-state index >= 15 is 0 Å². The van der Waals surface area contributed by atoms with Crippen LogP contribution >= 0.6 is 11.6 Å². The molecule has 2 aromatic rings. The molecular formula is C18H21ClN2O2. The highest BCUT2D eigenvalue weighted by atomic mass is 35.5. The van der Waals surface area contributed by atoms with Gasteiger partial charge in [0.1, 0.15) is 0 Å². The summed E-state index contributed by atoms with van der Waals surface area (Å²) >= 11 is 5.98. The second kappa shape index (κ2) is 7.99. The maximum atomic E-state index is 11.9. The number of hydrogen-bond acceptors (Lipinski definition) is 2. The Morgan fingerprint density at radius 3 is 2.48 bits per heavy atom. The van der Waals surface area contributed by atoms with Crippen LogP contribution in [0.2, 0.25) is 5.02 Å². The maximum absolute atomic E-state index is 11.9. The average molecular weight is 333 g/mol. The number of aliphatic hydroxyl groups is 1. The molecule has 23 heavy (non-hydrogen) atoms. The van der Waals surface area contributed by atoms with Crippen LogP contribution in [0.4, 0.5) is 10.5 Å². The molecule has 0 aliphatic rings. The number of urea groups is 1. The molecule has 3 N–H and O–H groups in total. The number of hydrogen-bond donors (Lipinski definition) is 3. The molecule has 0 bridgehead atoms. The molecule has 4 nitrogen and oxygen atoms in total. The van der Waals surface area contributed by atoms with Gasteiger partial charge in [-0.2, -0.15) is 0 Å². The van der Waals surface area contributed by atoms with E-state index in [9.17, 15) is 9.90 Å². The minimum atomic E-state index is -0.979. The Morgan fingerprint density at radius 1 is 1.13 bits per heavy atom. The Bertz CT molecular complexity index is 644. The lowest BCUT2D eigenvalue weighted by molar-refractivity contribution is 0.0539. The monoisotopic (exact) mass is 332 g/mol. The summed E-state index contributed by atoms with van der Waals surface area (Å²) in [6, 6.07) is 16.6. The smallest absolute Gasteiger partial charge is 0.319 e. The Kier molecular flexibility index (Phi) is 6.02. The van der Waals surface area contributed by atoms with Crippen LogP contribution in [0.1, 0.15) is 18.9 Å². The van der Waals surface area contributed by atoms with Crippen LogP contribution in [0.25, 0.3) is 0 Å². The Labute approximate surface area is 141 Å². The topological polar surface area (TPSA) is 61.4 Å². The third kappa shape index (κ3) is 5.93. The Morgan fingerprint density at radius 2 is 1.78 bits per heavy atom. The summed E-state index contributed by atoms with van der Waals surface area (Å²) in [5.41, 5.74) is 0.720. The molecule has 0 radical (unpaired) electrons. The number of anilines is 1. The van der Waals surface area contributed by atoms with Crippen molar-refractivity contribution in [2.75, 3.05) is 11.9 Å². The van der Waals surface area contributed by atoms with Gasteiger partial charge in [-0.05, 0) is 37.5 Å². The van der Waals surface area contributed by atoms with Crippen LogP contribution in [0.3, 0.4) is 0 Å². The second-order valence-electron chi connectivity index (χ2n) is 5.77. The number of aryl methyl sites for hydroxylation is 1. The van der Waals surface area contributed by atoms with Crippen molar-refractivity contribution in [1.82, 2.24) is 5.32 Å². The van der Waals surface area contributed by atoms with E-state index in [0.29, 0.717) is 17.1 Å². The number of carbonyl (C=O) groups is 1. The highest BCUT2D eigenvalue weighted by Gasteiger charge is 2.21. The van der Waals surface area contributed by atoms with Crippen molar-refractivity contribution in [2.24, 2.45) is 0 Å². The standard InChI is InChI=1S/C18H21ClN2O2/c1-18(23,12-11-14-7-3-2-4-8-14)13-20-17(22)21-16-10-6-5-9-15(16)19/h2-10,23H,11-13H2,1H3,(H2,20,21,22). The predicted molar refractivity (Wildman–Crippen MR) is 93.9 cm³/mol. The molecule has 0 saturated heterocycles. The molecule has 1 unspecified atom stereocenters. The predicted octanol–water partition coefficient (Wildman–Crippen LogP) is 3.85. The first kappa shape index (κ1) is 17.3. The van der Waals surface area contributed by atoms with Gasteiger partial charge in [0.2, 0.25) is 0 Å². The molecule has 2 aromatic carbocycles. The number of amides is 2. The van der Waals surface area contributed by atoms with Crippen LogP contribution in [0.5, 0.6) is 0 Å². The second-order valence-corrected chi connectivity index (χ2v) is 6.18. The quantitative estimate of drug-likeness (QED) is 0.752. The molecule has 1 atom stereocenters. The number of carbonyl (C=O) groups excluding carboxylic acids is 1. The molecule has 2 amide bonds. The molecule has 0 saturated carbocycles. The lowest BCUT2D eigenvalue weighted by Gasteiger charge is -2.24. The van der Waals surface area contributed by atoms with Gasteiger partial charge in [0.15, 0.2) is 0 Å². The highest BCUT2D eigenvalue weighted by molar-refractivity contribution is 6.33. The van der Waals surface area contributed by atoms with E-state index in [4.69, 9.17) is 11.6 Å². The third-order valence-corrected chi connectivity index (χ3v) is 3.88. The van der Waals surface area contributed by atoms with Gasteiger partial charge in [0.05, 0.1) is 16.3 Å². The van der Waals surface area contributed by atoms with Crippen LogP contribution in [0, 0.1) is 0 Å².